The Morgan fingerprint density at radius 2 is 1.94 bits per heavy atom. The quantitative estimate of drug-likeness (QED) is 0.687. The van der Waals surface area contributed by atoms with Crippen LogP contribution in [0, 0.1) is 17.8 Å². The lowest BCUT2D eigenvalue weighted by molar-refractivity contribution is -0.149. The Kier molecular flexibility index (Phi) is 3.53. The number of piperidine rings is 1. The molecule has 0 spiro atoms. The lowest BCUT2D eigenvalue weighted by atomic mass is 9.87. The summed E-state index contributed by atoms with van der Waals surface area (Å²) in [7, 11) is 1.51. The van der Waals surface area contributed by atoms with Crippen molar-refractivity contribution in [1.29, 1.82) is 0 Å². The molecule has 3 unspecified atom stereocenters. The summed E-state index contributed by atoms with van der Waals surface area (Å²) in [6, 6.07) is 0.0416. The van der Waals surface area contributed by atoms with Gasteiger partial charge in [0.1, 0.15) is 6.04 Å². The number of rotatable bonds is 3. The lowest BCUT2D eigenvalue weighted by Crippen LogP contribution is -2.49. The average Bonchev–Trinajstić information content (AvgIpc) is 3.07. The van der Waals surface area contributed by atoms with Gasteiger partial charge < -0.3 is 4.74 Å². The summed E-state index contributed by atoms with van der Waals surface area (Å²) in [6.07, 6.45) is 3.60. The molecule has 0 amide bonds. The highest BCUT2D eigenvalue weighted by atomic mass is 16.5. The maximum atomic E-state index is 11.8. The molecule has 1 saturated carbocycles. The minimum Gasteiger partial charge on any atom is -0.468 e. The molecule has 0 aromatic carbocycles. The van der Waals surface area contributed by atoms with Gasteiger partial charge in [-0.05, 0) is 43.6 Å². The zero-order chi connectivity index (χ0) is 11.7. The van der Waals surface area contributed by atoms with Crippen molar-refractivity contribution in [3.63, 3.8) is 0 Å². The SMILES string of the molecule is COC(=O)C(C1CC1)N1CCC(C)C(C)C1. The number of hydrogen-bond acceptors (Lipinski definition) is 3. The molecule has 1 saturated heterocycles. The average molecular weight is 225 g/mol. The number of carbonyl (C=O) groups is 1. The first-order valence-corrected chi connectivity index (χ1v) is 6.45. The molecule has 0 bridgehead atoms. The van der Waals surface area contributed by atoms with E-state index >= 15 is 0 Å². The maximum absolute atomic E-state index is 11.8. The molecule has 16 heavy (non-hydrogen) atoms. The number of hydrogen-bond donors (Lipinski definition) is 0. The Hall–Kier alpha value is -0.570. The molecular weight excluding hydrogens is 202 g/mol. The first-order chi connectivity index (χ1) is 7.63. The molecular formula is C13H23NO2. The fourth-order valence-corrected chi connectivity index (χ4v) is 2.72. The van der Waals surface area contributed by atoms with Crippen LogP contribution in [0.25, 0.3) is 0 Å². The molecule has 0 N–H and O–H groups in total. The van der Waals surface area contributed by atoms with Crippen LogP contribution >= 0.6 is 0 Å². The first kappa shape index (κ1) is 11.9. The maximum Gasteiger partial charge on any atom is 0.323 e. The van der Waals surface area contributed by atoms with Crippen LogP contribution in [0.15, 0.2) is 0 Å². The Labute approximate surface area is 98.1 Å². The second kappa shape index (κ2) is 4.74. The van der Waals surface area contributed by atoms with E-state index in [0.29, 0.717) is 11.8 Å². The minimum atomic E-state index is -0.0238. The topological polar surface area (TPSA) is 29.5 Å². The normalized spacial score (nSPS) is 33.4. The molecule has 2 aliphatic rings. The number of esters is 1. The van der Waals surface area contributed by atoms with Crippen LogP contribution in [-0.2, 0) is 9.53 Å². The minimum absolute atomic E-state index is 0.0238. The van der Waals surface area contributed by atoms with Gasteiger partial charge in [0.25, 0.3) is 0 Å². The second-order valence-corrected chi connectivity index (χ2v) is 5.54. The van der Waals surface area contributed by atoms with Gasteiger partial charge in [-0.15, -0.1) is 0 Å². The predicted molar refractivity (Wildman–Crippen MR) is 63.0 cm³/mol. The molecule has 0 aromatic heterocycles. The highest BCUT2D eigenvalue weighted by Crippen LogP contribution is 2.38. The smallest absolute Gasteiger partial charge is 0.323 e. The molecule has 1 heterocycles. The summed E-state index contributed by atoms with van der Waals surface area (Å²) in [5, 5.41) is 0. The molecule has 3 nitrogen and oxygen atoms in total. The highest BCUT2D eigenvalue weighted by molar-refractivity contribution is 5.76. The Bertz CT molecular complexity index is 263. The summed E-state index contributed by atoms with van der Waals surface area (Å²) < 4.78 is 4.95. The number of ether oxygens (including phenoxy) is 1. The summed E-state index contributed by atoms with van der Waals surface area (Å²) in [5.74, 6) is 2.02. The molecule has 92 valence electrons. The predicted octanol–water partition coefficient (Wildman–Crippen LogP) is 1.92. The molecule has 1 aliphatic carbocycles. The Balaban J connectivity index is 2.00. The summed E-state index contributed by atoms with van der Waals surface area (Å²) >= 11 is 0. The van der Waals surface area contributed by atoms with E-state index in [9.17, 15) is 4.79 Å². The van der Waals surface area contributed by atoms with Crippen LogP contribution in [0.4, 0.5) is 0 Å². The van der Waals surface area contributed by atoms with Gasteiger partial charge in [-0.2, -0.15) is 0 Å². The molecule has 3 atom stereocenters. The van der Waals surface area contributed by atoms with E-state index in [1.54, 1.807) is 0 Å². The van der Waals surface area contributed by atoms with E-state index in [1.165, 1.54) is 26.4 Å². The number of carbonyl (C=O) groups excluding carboxylic acids is 1. The van der Waals surface area contributed by atoms with Crippen molar-refractivity contribution in [1.82, 2.24) is 4.90 Å². The van der Waals surface area contributed by atoms with Gasteiger partial charge in [0.2, 0.25) is 0 Å². The number of methoxy groups -OCH3 is 1. The Morgan fingerprint density at radius 1 is 1.25 bits per heavy atom. The van der Waals surface area contributed by atoms with Gasteiger partial charge in [0, 0.05) is 6.54 Å². The van der Waals surface area contributed by atoms with E-state index in [0.717, 1.165) is 19.0 Å². The van der Waals surface area contributed by atoms with Crippen LogP contribution in [0.1, 0.15) is 33.1 Å². The van der Waals surface area contributed by atoms with E-state index < -0.39 is 0 Å². The van der Waals surface area contributed by atoms with Gasteiger partial charge in [0.05, 0.1) is 7.11 Å². The van der Waals surface area contributed by atoms with Gasteiger partial charge in [-0.25, -0.2) is 0 Å². The molecule has 0 aromatic rings. The van der Waals surface area contributed by atoms with Gasteiger partial charge in [-0.3, -0.25) is 9.69 Å². The molecule has 2 fully saturated rings. The van der Waals surface area contributed by atoms with Crippen LogP contribution < -0.4 is 0 Å². The van der Waals surface area contributed by atoms with Crippen molar-refractivity contribution in [3.8, 4) is 0 Å². The van der Waals surface area contributed by atoms with E-state index in [-0.39, 0.29) is 12.0 Å². The van der Waals surface area contributed by atoms with E-state index in [1.807, 2.05) is 0 Å². The third-order valence-electron chi connectivity index (χ3n) is 4.27. The standard InChI is InChI=1S/C13H23NO2/c1-9-6-7-14(8-10(9)2)12(11-4-5-11)13(15)16-3/h9-12H,4-8H2,1-3H3. The van der Waals surface area contributed by atoms with Gasteiger partial charge >= 0.3 is 5.97 Å². The van der Waals surface area contributed by atoms with Crippen LogP contribution in [0.5, 0.6) is 0 Å². The zero-order valence-corrected chi connectivity index (χ0v) is 10.6. The van der Waals surface area contributed by atoms with Crippen molar-refractivity contribution in [2.45, 2.75) is 39.2 Å². The first-order valence-electron chi connectivity index (χ1n) is 6.45. The monoisotopic (exact) mass is 225 g/mol. The van der Waals surface area contributed by atoms with Crippen molar-refractivity contribution < 1.29 is 9.53 Å². The van der Waals surface area contributed by atoms with Crippen molar-refractivity contribution in [3.05, 3.63) is 0 Å². The molecule has 0 radical (unpaired) electrons. The van der Waals surface area contributed by atoms with Crippen molar-refractivity contribution in [2.75, 3.05) is 20.2 Å². The lowest BCUT2D eigenvalue weighted by Gasteiger charge is -2.39. The molecule has 3 heteroatoms. The summed E-state index contributed by atoms with van der Waals surface area (Å²) in [4.78, 5) is 14.2. The van der Waals surface area contributed by atoms with Crippen molar-refractivity contribution in [2.24, 2.45) is 17.8 Å². The Morgan fingerprint density at radius 3 is 2.44 bits per heavy atom. The fourth-order valence-electron chi connectivity index (χ4n) is 2.72. The van der Waals surface area contributed by atoms with E-state index in [4.69, 9.17) is 4.74 Å². The van der Waals surface area contributed by atoms with Gasteiger partial charge in [-0.1, -0.05) is 13.8 Å². The number of likely N-dealkylation sites (tertiary alicyclic amines) is 1. The summed E-state index contributed by atoms with van der Waals surface area (Å²) in [6.45, 7) is 6.71. The highest BCUT2D eigenvalue weighted by Gasteiger charge is 2.42. The third-order valence-corrected chi connectivity index (χ3v) is 4.27. The third kappa shape index (κ3) is 2.40. The fraction of sp³-hybridized carbons (Fsp3) is 0.923. The van der Waals surface area contributed by atoms with Crippen LogP contribution in [-0.4, -0.2) is 37.1 Å². The summed E-state index contributed by atoms with van der Waals surface area (Å²) in [5.41, 5.74) is 0. The van der Waals surface area contributed by atoms with Gasteiger partial charge in [0.15, 0.2) is 0 Å². The largest absolute Gasteiger partial charge is 0.468 e. The zero-order valence-electron chi connectivity index (χ0n) is 10.6. The molecule has 1 aliphatic heterocycles. The van der Waals surface area contributed by atoms with E-state index in [2.05, 4.69) is 18.7 Å². The van der Waals surface area contributed by atoms with Crippen LogP contribution in [0.3, 0.4) is 0 Å². The second-order valence-electron chi connectivity index (χ2n) is 5.54. The number of nitrogens with zero attached hydrogens (tertiary/aromatic N) is 1. The molecule has 2 rings (SSSR count). The van der Waals surface area contributed by atoms with Crippen molar-refractivity contribution >= 4 is 5.97 Å². The van der Waals surface area contributed by atoms with Crippen LogP contribution in [0.2, 0.25) is 0 Å².